The number of aryl methyl sites for hydroxylation is 1. The third-order valence-corrected chi connectivity index (χ3v) is 5.05. The molecule has 5 aromatic rings. The lowest BCUT2D eigenvalue weighted by molar-refractivity contribution is 0.102. The van der Waals surface area contributed by atoms with Gasteiger partial charge in [0.05, 0.1) is 11.9 Å². The second kappa shape index (κ2) is 7.04. The van der Waals surface area contributed by atoms with Crippen LogP contribution in [0.5, 0.6) is 0 Å². The lowest BCUT2D eigenvalue weighted by Gasteiger charge is -2.08. The fourth-order valence-electron chi connectivity index (χ4n) is 3.54. The maximum atomic E-state index is 13.1. The van der Waals surface area contributed by atoms with Crippen molar-refractivity contribution in [3.05, 3.63) is 90.1 Å². The molecule has 30 heavy (non-hydrogen) atoms. The molecule has 7 heteroatoms. The van der Waals surface area contributed by atoms with E-state index in [4.69, 9.17) is 0 Å². The molecule has 0 aliphatic carbocycles. The predicted octanol–water partition coefficient (Wildman–Crippen LogP) is 4.64. The number of carbonyl (C=O) groups is 1. The monoisotopic (exact) mass is 397 g/mol. The zero-order valence-corrected chi connectivity index (χ0v) is 16.0. The predicted molar refractivity (Wildman–Crippen MR) is 113 cm³/mol. The quantitative estimate of drug-likeness (QED) is 0.481. The molecule has 0 fully saturated rings. The molecule has 2 heterocycles. The standard InChI is InChI=1S/C23H16FN5O/c1-14-21(23(30)26-17-11-9-16(24)10-12-17)27-28-22-20(13-25-29(14)22)19-8-4-6-15-5-2-3-7-18(15)19/h2-13H,1H3,(H,26,30). The third-order valence-electron chi connectivity index (χ3n) is 5.05. The number of hydrogen-bond acceptors (Lipinski definition) is 4. The van der Waals surface area contributed by atoms with Crippen LogP contribution in [0, 0.1) is 12.7 Å². The molecule has 5 rings (SSSR count). The molecule has 0 saturated carbocycles. The van der Waals surface area contributed by atoms with E-state index in [0.29, 0.717) is 17.0 Å². The summed E-state index contributed by atoms with van der Waals surface area (Å²) in [4.78, 5) is 12.7. The van der Waals surface area contributed by atoms with Crippen molar-refractivity contribution in [3.63, 3.8) is 0 Å². The first-order valence-corrected chi connectivity index (χ1v) is 9.38. The van der Waals surface area contributed by atoms with Gasteiger partial charge in [-0.3, -0.25) is 4.79 Å². The number of halogens is 1. The Balaban J connectivity index is 1.56. The summed E-state index contributed by atoms with van der Waals surface area (Å²) in [6, 6.07) is 19.7. The number of nitrogens with zero attached hydrogens (tertiary/aromatic N) is 4. The molecule has 1 amide bonds. The topological polar surface area (TPSA) is 72.2 Å². The van der Waals surface area contributed by atoms with Gasteiger partial charge in [0.1, 0.15) is 5.82 Å². The van der Waals surface area contributed by atoms with Crippen LogP contribution < -0.4 is 5.32 Å². The largest absolute Gasteiger partial charge is 0.321 e. The normalized spacial score (nSPS) is 11.1. The molecule has 0 atom stereocenters. The van der Waals surface area contributed by atoms with Crippen molar-refractivity contribution in [2.75, 3.05) is 5.32 Å². The maximum absolute atomic E-state index is 13.1. The van der Waals surface area contributed by atoms with Crippen LogP contribution in [0.15, 0.2) is 72.9 Å². The van der Waals surface area contributed by atoms with Crippen molar-refractivity contribution in [2.45, 2.75) is 6.92 Å². The molecule has 1 N–H and O–H groups in total. The smallest absolute Gasteiger partial charge is 0.278 e. The fourth-order valence-corrected chi connectivity index (χ4v) is 3.54. The zero-order chi connectivity index (χ0) is 20.7. The van der Waals surface area contributed by atoms with E-state index in [-0.39, 0.29) is 11.5 Å². The van der Waals surface area contributed by atoms with E-state index in [1.165, 1.54) is 24.3 Å². The minimum atomic E-state index is -0.435. The summed E-state index contributed by atoms with van der Waals surface area (Å²) in [7, 11) is 0. The van der Waals surface area contributed by atoms with Gasteiger partial charge in [-0.15, -0.1) is 10.2 Å². The summed E-state index contributed by atoms with van der Waals surface area (Å²) < 4.78 is 14.7. The number of benzene rings is 3. The van der Waals surface area contributed by atoms with Crippen molar-refractivity contribution < 1.29 is 9.18 Å². The Labute approximate surface area is 171 Å². The van der Waals surface area contributed by atoms with Crippen molar-refractivity contribution in [1.29, 1.82) is 0 Å². The van der Waals surface area contributed by atoms with Gasteiger partial charge in [-0.25, -0.2) is 8.91 Å². The Morgan fingerprint density at radius 2 is 1.70 bits per heavy atom. The molecule has 0 unspecified atom stereocenters. The Kier molecular flexibility index (Phi) is 4.21. The Bertz CT molecular complexity index is 1400. The summed E-state index contributed by atoms with van der Waals surface area (Å²) in [5.41, 5.74) is 3.60. The Morgan fingerprint density at radius 1 is 0.933 bits per heavy atom. The number of aromatic nitrogens is 4. The number of amides is 1. The second-order valence-electron chi connectivity index (χ2n) is 6.92. The van der Waals surface area contributed by atoms with E-state index in [0.717, 1.165) is 21.9 Å². The molecule has 0 radical (unpaired) electrons. The first-order valence-electron chi connectivity index (χ1n) is 9.38. The van der Waals surface area contributed by atoms with E-state index in [9.17, 15) is 9.18 Å². The van der Waals surface area contributed by atoms with Gasteiger partial charge >= 0.3 is 0 Å². The van der Waals surface area contributed by atoms with Crippen LogP contribution in [0.2, 0.25) is 0 Å². The van der Waals surface area contributed by atoms with Gasteiger partial charge in [0, 0.05) is 11.3 Å². The van der Waals surface area contributed by atoms with E-state index >= 15 is 0 Å². The van der Waals surface area contributed by atoms with E-state index in [1.54, 1.807) is 17.6 Å². The van der Waals surface area contributed by atoms with Gasteiger partial charge in [-0.2, -0.15) is 5.10 Å². The summed E-state index contributed by atoms with van der Waals surface area (Å²) in [5, 5.41) is 17.8. The Morgan fingerprint density at radius 3 is 2.53 bits per heavy atom. The maximum Gasteiger partial charge on any atom is 0.278 e. The van der Waals surface area contributed by atoms with Gasteiger partial charge in [-0.05, 0) is 47.5 Å². The average Bonchev–Trinajstić information content (AvgIpc) is 3.20. The molecule has 0 aliphatic heterocycles. The molecular formula is C23H16FN5O. The first kappa shape index (κ1) is 17.9. The molecule has 146 valence electrons. The van der Waals surface area contributed by atoms with Crippen LogP contribution in [0.25, 0.3) is 27.5 Å². The van der Waals surface area contributed by atoms with Crippen molar-refractivity contribution >= 4 is 28.0 Å². The van der Waals surface area contributed by atoms with Gasteiger partial charge < -0.3 is 5.32 Å². The molecule has 0 bridgehead atoms. The van der Waals surface area contributed by atoms with E-state index in [2.05, 4.69) is 38.8 Å². The molecule has 2 aromatic heterocycles. The third kappa shape index (κ3) is 2.97. The number of hydrogen-bond donors (Lipinski definition) is 1. The van der Waals surface area contributed by atoms with Gasteiger partial charge in [-0.1, -0.05) is 42.5 Å². The average molecular weight is 397 g/mol. The van der Waals surface area contributed by atoms with Crippen LogP contribution in [0.4, 0.5) is 10.1 Å². The fraction of sp³-hybridized carbons (Fsp3) is 0.0435. The molecule has 6 nitrogen and oxygen atoms in total. The summed E-state index contributed by atoms with van der Waals surface area (Å²) in [6.07, 6.45) is 1.74. The van der Waals surface area contributed by atoms with Gasteiger partial charge in [0.2, 0.25) is 0 Å². The molecule has 3 aromatic carbocycles. The molecule has 0 aliphatic rings. The lowest BCUT2D eigenvalue weighted by atomic mass is 10.0. The minimum Gasteiger partial charge on any atom is -0.321 e. The van der Waals surface area contributed by atoms with Crippen LogP contribution in [-0.4, -0.2) is 25.7 Å². The molecule has 0 saturated heterocycles. The van der Waals surface area contributed by atoms with Crippen LogP contribution in [-0.2, 0) is 0 Å². The summed E-state index contributed by atoms with van der Waals surface area (Å²) >= 11 is 0. The number of anilines is 1. The van der Waals surface area contributed by atoms with Crippen LogP contribution >= 0.6 is 0 Å². The Hall–Kier alpha value is -4.13. The zero-order valence-electron chi connectivity index (χ0n) is 16.0. The highest BCUT2D eigenvalue weighted by atomic mass is 19.1. The summed E-state index contributed by atoms with van der Waals surface area (Å²) in [6.45, 7) is 1.77. The van der Waals surface area contributed by atoms with Crippen molar-refractivity contribution in [3.8, 4) is 11.1 Å². The SMILES string of the molecule is Cc1c(C(=O)Nc2ccc(F)cc2)nnc2c(-c3cccc4ccccc34)cnn12. The highest BCUT2D eigenvalue weighted by molar-refractivity contribution is 6.04. The minimum absolute atomic E-state index is 0.152. The first-order chi connectivity index (χ1) is 14.6. The number of nitrogens with one attached hydrogen (secondary N) is 1. The van der Waals surface area contributed by atoms with Crippen LogP contribution in [0.3, 0.4) is 0 Å². The molecule has 0 spiro atoms. The highest BCUT2D eigenvalue weighted by Gasteiger charge is 2.19. The number of rotatable bonds is 3. The molecular weight excluding hydrogens is 381 g/mol. The number of carbonyl (C=O) groups excluding carboxylic acids is 1. The van der Waals surface area contributed by atoms with E-state index in [1.807, 2.05) is 24.3 Å². The number of fused-ring (bicyclic) bond motifs is 2. The lowest BCUT2D eigenvalue weighted by Crippen LogP contribution is -2.18. The van der Waals surface area contributed by atoms with Crippen LogP contribution in [0.1, 0.15) is 16.2 Å². The second-order valence-corrected chi connectivity index (χ2v) is 6.92. The highest BCUT2D eigenvalue weighted by Crippen LogP contribution is 2.31. The van der Waals surface area contributed by atoms with E-state index < -0.39 is 5.91 Å². The van der Waals surface area contributed by atoms with Crippen molar-refractivity contribution in [2.24, 2.45) is 0 Å². The van der Waals surface area contributed by atoms with Gasteiger partial charge in [0.15, 0.2) is 11.3 Å². The van der Waals surface area contributed by atoms with Crippen molar-refractivity contribution in [1.82, 2.24) is 19.8 Å². The van der Waals surface area contributed by atoms with Gasteiger partial charge in [0.25, 0.3) is 5.91 Å². The summed E-state index contributed by atoms with van der Waals surface area (Å²) in [5.74, 6) is -0.807.